The lowest BCUT2D eigenvalue weighted by Crippen LogP contribution is -2.66. The number of rotatable bonds is 24. The van der Waals surface area contributed by atoms with Gasteiger partial charge in [-0.05, 0) is 40.5 Å². The van der Waals surface area contributed by atoms with E-state index in [-0.39, 0.29) is 39.4 Å². The Balaban J connectivity index is 0.934. The monoisotopic (exact) mass is 1200 g/mol. The quantitative estimate of drug-likeness (QED) is 0.0263. The van der Waals surface area contributed by atoms with Crippen molar-refractivity contribution in [2.24, 2.45) is 17.6 Å². The van der Waals surface area contributed by atoms with Crippen LogP contribution < -0.4 is 27.0 Å². The largest absolute Gasteiger partial charge is 0.445 e. The number of benzene rings is 4. The van der Waals surface area contributed by atoms with Crippen molar-refractivity contribution in [1.82, 2.24) is 21.3 Å². The standard InChI is InChI=1S/C59H73N5O22/c1-31-22-36(23-37(66)52(71)64-59(75)79-30-35-20-12-5-13-21-35)43(67)51(47(31)84-54-42(50-49(83-50)38(24-60)80-54)63-58(74)78-29-34-18-10-4-11-19-34)86-55-46(70)48(40(26-65)82-55)85-53-41(62-57(73)77-28-33-16-8-3-9-17-33)45(69)44(68)39(81-53)25-61-56(72)76-27-32-14-6-2-7-15-32/h2-21,31,36,38-55,65,67-71H,22-30,60H2,1H3,(H,61,72)(H,62,73)(H,63,74)(H,64,75)/t31-,36-,38+,39-,40+,41+,42+,43-,44+,45+,46+,47+,48+,49-,50+,51+,52+,53+,54+,55-/m0/s1. The molecule has 5 fully saturated rings. The van der Waals surface area contributed by atoms with Crippen molar-refractivity contribution >= 4 is 30.2 Å². The number of carbonyl (C=O) groups is 5. The molecule has 27 nitrogen and oxygen atoms in total. The second kappa shape index (κ2) is 30.1. The Hall–Kier alpha value is -6.93. The van der Waals surface area contributed by atoms with E-state index in [0.717, 1.165) is 0 Å². The number of epoxide rings is 1. The first kappa shape index (κ1) is 63.6. The third kappa shape index (κ3) is 16.6. The number of Topliss-reactive ketones (excluding diaryl/α,β-unsaturated/α-hetero) is 1. The van der Waals surface area contributed by atoms with Crippen LogP contribution in [0.4, 0.5) is 19.2 Å². The lowest BCUT2D eigenvalue weighted by Gasteiger charge is -2.46. The van der Waals surface area contributed by atoms with E-state index >= 15 is 0 Å². The highest BCUT2D eigenvalue weighted by atomic mass is 16.8. The van der Waals surface area contributed by atoms with Crippen LogP contribution in [0.2, 0.25) is 0 Å². The molecule has 86 heavy (non-hydrogen) atoms. The van der Waals surface area contributed by atoms with Crippen LogP contribution in [0, 0.1) is 11.8 Å². The summed E-state index contributed by atoms with van der Waals surface area (Å²) in [5.41, 5.74) is 8.77. The summed E-state index contributed by atoms with van der Waals surface area (Å²) in [6.07, 6.45) is -28.2. The number of alkyl carbamates (subject to hydrolysis) is 4. The van der Waals surface area contributed by atoms with Crippen molar-refractivity contribution in [3.63, 3.8) is 0 Å². The molecule has 4 aliphatic heterocycles. The van der Waals surface area contributed by atoms with Crippen LogP contribution in [-0.2, 0) is 83.3 Å². The Kier molecular flexibility index (Phi) is 22.3. The van der Waals surface area contributed by atoms with Crippen LogP contribution in [-0.4, -0.2) is 191 Å². The van der Waals surface area contributed by atoms with Crippen molar-refractivity contribution in [2.45, 2.75) is 157 Å². The molecule has 1 saturated carbocycles. The third-order valence-corrected chi connectivity index (χ3v) is 15.4. The minimum atomic E-state index is -2.07. The molecule has 27 heteroatoms. The SMILES string of the molecule is C[C@H]1C[C@@H](CC(=O)[C@@H](O)NC(=O)OCc2ccccc2)[C@H](O)[C@@H](O[C@@H]2O[C@H](CO)[C@@H](O[C@H]3O[C@@H](CNC(=O)OCc4ccccc4)[C@@H](O)[C@H](O)[C@H]3NC(=O)OCc3ccccc3)[C@H]2O)[C@@H]1O[C@H]1O[C@H](CN)[C@@H]2O[C@@H]2[C@H]1NC(=O)OCc1ccccc1. The van der Waals surface area contributed by atoms with Crippen LogP contribution >= 0.6 is 0 Å². The number of carbonyl (C=O) groups excluding carboxylic acids is 5. The highest BCUT2D eigenvalue weighted by Gasteiger charge is 2.60. The van der Waals surface area contributed by atoms with Crippen molar-refractivity contribution in [1.29, 1.82) is 0 Å². The fourth-order valence-corrected chi connectivity index (χ4v) is 10.8. The highest BCUT2D eigenvalue weighted by Crippen LogP contribution is 2.43. The molecule has 4 heterocycles. The average molecular weight is 1200 g/mol. The zero-order chi connectivity index (χ0) is 60.9. The Bertz CT molecular complexity index is 2820. The zero-order valence-corrected chi connectivity index (χ0v) is 46.8. The maximum absolute atomic E-state index is 13.7. The first-order chi connectivity index (χ1) is 41.6. The van der Waals surface area contributed by atoms with Gasteiger partial charge in [-0.25, -0.2) is 19.2 Å². The lowest BCUT2D eigenvalue weighted by molar-refractivity contribution is -0.297. The molecule has 0 bridgehead atoms. The van der Waals surface area contributed by atoms with Gasteiger partial charge in [0.2, 0.25) is 0 Å². The summed E-state index contributed by atoms with van der Waals surface area (Å²) in [7, 11) is 0. The molecule has 0 spiro atoms. The summed E-state index contributed by atoms with van der Waals surface area (Å²) in [6.45, 7) is -0.190. The topological polar surface area (TPSA) is 386 Å². The van der Waals surface area contributed by atoms with Gasteiger partial charge in [-0.1, -0.05) is 128 Å². The lowest BCUT2D eigenvalue weighted by atomic mass is 9.74. The molecule has 5 aliphatic rings. The predicted molar refractivity (Wildman–Crippen MR) is 294 cm³/mol. The van der Waals surface area contributed by atoms with Crippen LogP contribution in [0.3, 0.4) is 0 Å². The number of aliphatic hydroxyl groups excluding tert-OH is 6. The summed E-state index contributed by atoms with van der Waals surface area (Å²) < 4.78 is 65.4. The third-order valence-electron chi connectivity index (χ3n) is 15.4. The molecule has 4 amide bonds. The van der Waals surface area contributed by atoms with E-state index in [1.165, 1.54) is 0 Å². The first-order valence-electron chi connectivity index (χ1n) is 28.3. The molecule has 4 aromatic rings. The number of fused-ring (bicyclic) bond motifs is 1. The molecule has 0 unspecified atom stereocenters. The van der Waals surface area contributed by atoms with Crippen molar-refractivity contribution in [3.8, 4) is 0 Å². The van der Waals surface area contributed by atoms with Crippen molar-refractivity contribution < 1.29 is 107 Å². The number of hydrogen-bond acceptors (Lipinski definition) is 23. The number of ether oxygens (including phenoxy) is 11. The molecule has 0 aromatic heterocycles. The highest BCUT2D eigenvalue weighted by molar-refractivity contribution is 5.86. The number of ketones is 1. The Labute approximate surface area is 494 Å². The maximum Gasteiger partial charge on any atom is 0.409 e. The van der Waals surface area contributed by atoms with Crippen LogP contribution in [0.5, 0.6) is 0 Å². The summed E-state index contributed by atoms with van der Waals surface area (Å²) in [6, 6.07) is 32.4. The van der Waals surface area contributed by atoms with Gasteiger partial charge in [-0.3, -0.25) is 10.1 Å². The summed E-state index contributed by atoms with van der Waals surface area (Å²) in [5.74, 6) is -2.65. The van der Waals surface area contributed by atoms with Gasteiger partial charge in [0.05, 0.1) is 18.8 Å². The number of amides is 4. The summed E-state index contributed by atoms with van der Waals surface area (Å²) in [5, 5.41) is 79.2. The summed E-state index contributed by atoms with van der Waals surface area (Å²) >= 11 is 0. The Morgan fingerprint density at radius 1 is 0.535 bits per heavy atom. The van der Waals surface area contributed by atoms with Gasteiger partial charge in [-0.2, -0.15) is 0 Å². The van der Waals surface area contributed by atoms with Gasteiger partial charge in [0.25, 0.3) is 0 Å². The number of nitrogens with two attached hydrogens (primary N) is 1. The van der Waals surface area contributed by atoms with E-state index in [1.54, 1.807) is 122 Å². The van der Waals surface area contributed by atoms with E-state index in [0.29, 0.717) is 22.3 Å². The molecule has 466 valence electrons. The smallest absolute Gasteiger partial charge is 0.409 e. The maximum atomic E-state index is 13.7. The van der Waals surface area contributed by atoms with E-state index in [1.807, 2.05) is 6.07 Å². The van der Waals surface area contributed by atoms with Gasteiger partial charge in [0.15, 0.2) is 30.9 Å². The number of aliphatic hydroxyl groups is 6. The van der Waals surface area contributed by atoms with Crippen LogP contribution in [0.15, 0.2) is 121 Å². The normalized spacial score (nSPS) is 32.3. The van der Waals surface area contributed by atoms with E-state index < -0.39 is 172 Å². The van der Waals surface area contributed by atoms with Crippen molar-refractivity contribution in [3.05, 3.63) is 144 Å². The van der Waals surface area contributed by atoms with E-state index in [4.69, 9.17) is 57.8 Å². The van der Waals surface area contributed by atoms with Crippen LogP contribution in [0.25, 0.3) is 0 Å². The zero-order valence-electron chi connectivity index (χ0n) is 46.8. The average Bonchev–Trinajstić information content (AvgIpc) is 2.04. The minimum Gasteiger partial charge on any atom is -0.445 e. The van der Waals surface area contributed by atoms with Gasteiger partial charge >= 0.3 is 24.4 Å². The summed E-state index contributed by atoms with van der Waals surface area (Å²) in [4.78, 5) is 66.0. The fourth-order valence-electron chi connectivity index (χ4n) is 10.8. The minimum absolute atomic E-state index is 0.0185. The predicted octanol–water partition coefficient (Wildman–Crippen LogP) is 0.855. The molecule has 9 rings (SSSR count). The number of nitrogens with one attached hydrogen (secondary N) is 4. The van der Waals surface area contributed by atoms with E-state index in [9.17, 15) is 54.6 Å². The molecule has 0 radical (unpaired) electrons. The number of hydrogen-bond donors (Lipinski definition) is 11. The molecule has 20 atom stereocenters. The second-order valence-corrected chi connectivity index (χ2v) is 21.5. The Morgan fingerprint density at radius 3 is 1.53 bits per heavy atom. The van der Waals surface area contributed by atoms with E-state index in [2.05, 4.69) is 21.3 Å². The fraction of sp³-hybridized carbons (Fsp3) is 0.508. The molecular weight excluding hydrogens is 1130 g/mol. The van der Waals surface area contributed by atoms with Crippen LogP contribution in [0.1, 0.15) is 42.0 Å². The Morgan fingerprint density at radius 2 is 1.00 bits per heavy atom. The molecule has 4 aromatic carbocycles. The molecule has 4 saturated heterocycles. The van der Waals surface area contributed by atoms with Gasteiger partial charge in [0.1, 0.15) is 99.6 Å². The first-order valence-corrected chi connectivity index (χ1v) is 28.3. The molecule has 1 aliphatic carbocycles. The molecule has 12 N–H and O–H groups in total. The molecular formula is C59H73N5O22. The van der Waals surface area contributed by atoms with Gasteiger partial charge in [-0.15, -0.1) is 0 Å². The second-order valence-electron chi connectivity index (χ2n) is 21.5. The van der Waals surface area contributed by atoms with Gasteiger partial charge in [0, 0.05) is 19.5 Å². The van der Waals surface area contributed by atoms with Gasteiger partial charge < -0.3 is 104 Å². The van der Waals surface area contributed by atoms with Crippen molar-refractivity contribution in [2.75, 3.05) is 19.7 Å².